The second kappa shape index (κ2) is 15.9. The van der Waals surface area contributed by atoms with E-state index in [0.717, 1.165) is 24.0 Å². The van der Waals surface area contributed by atoms with Gasteiger partial charge in [-0.05, 0) is 98.4 Å². The quantitative estimate of drug-likeness (QED) is 0.122. The SMILES string of the molecule is CCCOC(=O)[C@H](C)NP(=O)(Oc1ccccc1)C(F)c1ccc2sc(C(=O)N[C@H]3CCC[C@H]4CC[C@@H](C(=O)N5CC6(C5)OCc5ccncc56)N4C3=O)cc2c1. The van der Waals surface area contributed by atoms with Gasteiger partial charge in [0.25, 0.3) is 5.91 Å². The Balaban J connectivity index is 0.955. The maximum absolute atomic E-state index is 16.5. The van der Waals surface area contributed by atoms with Gasteiger partial charge in [-0.15, -0.1) is 11.3 Å². The maximum atomic E-state index is 16.5. The number of para-hydroxylation sites is 1. The van der Waals surface area contributed by atoms with Crippen LogP contribution >= 0.6 is 18.9 Å². The number of thiophene rings is 1. The highest BCUT2D eigenvalue weighted by Gasteiger charge is 2.55. The first kappa shape index (κ1) is 39.2. The number of ether oxygens (including phenoxy) is 2. The maximum Gasteiger partial charge on any atom is 0.355 e. The molecular formula is C41H45FN5O8PS. The number of hydrogen-bond donors (Lipinski definition) is 2. The first-order valence-corrected chi connectivity index (χ1v) is 21.9. The van der Waals surface area contributed by atoms with Gasteiger partial charge >= 0.3 is 13.5 Å². The molecule has 3 fully saturated rings. The van der Waals surface area contributed by atoms with Crippen molar-refractivity contribution >= 4 is 52.6 Å². The van der Waals surface area contributed by atoms with E-state index in [4.69, 9.17) is 14.0 Å². The molecule has 6 heterocycles. The minimum absolute atomic E-state index is 0.0244. The lowest BCUT2D eigenvalue weighted by atomic mass is 9.86. The lowest BCUT2D eigenvalue weighted by Crippen LogP contribution is -2.65. The van der Waals surface area contributed by atoms with Gasteiger partial charge in [-0.3, -0.25) is 28.7 Å². The van der Waals surface area contributed by atoms with E-state index in [1.54, 1.807) is 58.5 Å². The van der Waals surface area contributed by atoms with Crippen LogP contribution in [0.1, 0.15) is 84.6 Å². The summed E-state index contributed by atoms with van der Waals surface area (Å²) in [5.41, 5.74) is 1.56. The predicted molar refractivity (Wildman–Crippen MR) is 210 cm³/mol. The molecule has 1 spiro atoms. The number of benzene rings is 2. The summed E-state index contributed by atoms with van der Waals surface area (Å²) in [6, 6.07) is 13.7. The molecular weight excluding hydrogens is 773 g/mol. The zero-order valence-corrected chi connectivity index (χ0v) is 33.4. The fourth-order valence-corrected chi connectivity index (χ4v) is 11.2. The highest BCUT2D eigenvalue weighted by molar-refractivity contribution is 7.57. The number of carbonyl (C=O) groups is 4. The predicted octanol–water partition coefficient (Wildman–Crippen LogP) is 6.38. The summed E-state index contributed by atoms with van der Waals surface area (Å²) in [5, 5.41) is 6.05. The minimum Gasteiger partial charge on any atom is -0.465 e. The number of esters is 1. The number of aromatic nitrogens is 1. The Morgan fingerprint density at radius 3 is 2.68 bits per heavy atom. The third-order valence-electron chi connectivity index (χ3n) is 11.3. The molecule has 2 aromatic carbocycles. The largest absolute Gasteiger partial charge is 0.465 e. The average molecular weight is 818 g/mol. The molecule has 0 aliphatic carbocycles. The van der Waals surface area contributed by atoms with Crippen LogP contribution in [0.2, 0.25) is 0 Å². The summed E-state index contributed by atoms with van der Waals surface area (Å²) in [6.07, 6.45) is 7.32. The smallest absolute Gasteiger partial charge is 0.355 e. The number of carbonyl (C=O) groups excluding carboxylic acids is 4. The Bertz CT molecular complexity index is 2230. The number of nitrogens with one attached hydrogen (secondary N) is 2. The van der Waals surface area contributed by atoms with Gasteiger partial charge in [-0.2, -0.15) is 0 Å². The number of nitrogens with zero attached hydrogens (tertiary/aromatic N) is 3. The number of hydrogen-bond acceptors (Lipinski definition) is 10. The Hall–Kier alpha value is -4.69. The molecule has 2 N–H and O–H groups in total. The minimum atomic E-state index is -4.44. The Morgan fingerprint density at radius 2 is 1.89 bits per heavy atom. The van der Waals surface area contributed by atoms with Gasteiger partial charge in [-0.1, -0.05) is 31.2 Å². The fraction of sp³-hybridized carbons (Fsp3) is 0.439. The molecule has 4 aliphatic heterocycles. The molecule has 0 radical (unpaired) electrons. The second-order valence-corrected chi connectivity index (χ2v) is 18.4. The van der Waals surface area contributed by atoms with Gasteiger partial charge in [0, 0.05) is 28.7 Å². The lowest BCUT2D eigenvalue weighted by Gasteiger charge is -2.48. The van der Waals surface area contributed by atoms with Crippen molar-refractivity contribution in [3.63, 3.8) is 0 Å². The van der Waals surface area contributed by atoms with E-state index >= 15 is 4.39 Å². The number of alkyl halides is 1. The highest BCUT2D eigenvalue weighted by Crippen LogP contribution is 2.58. The molecule has 16 heteroatoms. The summed E-state index contributed by atoms with van der Waals surface area (Å²) in [5.74, 6) is -3.54. The van der Waals surface area contributed by atoms with Crippen molar-refractivity contribution in [3.8, 4) is 5.75 Å². The number of likely N-dealkylation sites (tertiary alicyclic amines) is 1. The van der Waals surface area contributed by atoms with Crippen LogP contribution in [0.4, 0.5) is 4.39 Å². The topological polar surface area (TPSA) is 156 Å². The summed E-state index contributed by atoms with van der Waals surface area (Å²) in [6.45, 7) is 4.74. The van der Waals surface area contributed by atoms with Crippen LogP contribution in [0.5, 0.6) is 5.75 Å². The van der Waals surface area contributed by atoms with Gasteiger partial charge in [0.15, 0.2) is 0 Å². The molecule has 3 saturated heterocycles. The molecule has 0 bridgehead atoms. The van der Waals surface area contributed by atoms with Crippen LogP contribution in [0.15, 0.2) is 73.1 Å². The third-order valence-corrected chi connectivity index (χ3v) is 14.5. The zero-order chi connectivity index (χ0) is 39.9. The Kier molecular flexibility index (Phi) is 10.9. The molecule has 13 nitrogen and oxygen atoms in total. The average Bonchev–Trinajstić information content (AvgIpc) is 3.91. The van der Waals surface area contributed by atoms with E-state index in [1.165, 1.54) is 30.4 Å². The Labute approximate surface area is 333 Å². The first-order valence-electron chi connectivity index (χ1n) is 19.4. The van der Waals surface area contributed by atoms with Crippen LogP contribution in [0, 0.1) is 0 Å². The highest BCUT2D eigenvalue weighted by atomic mass is 32.1. The number of rotatable bonds is 12. The standard InChI is InChI=1S/C41H45FN5O8PS/c1-3-18-53-40(51)25(2)45-56(52,55-30-9-5-4-6-10-30)36(42)26-12-15-34-28(19-26)20-35(57-34)37(48)44-32-11-7-8-29-13-14-33(47(29)38(32)49)39(50)46-23-41(24-46)31-21-43-17-16-27(31)22-54-41/h4-6,9-10,12,15-17,19-21,25,29,32-33,36H,3,7-8,11,13-14,18,22-24H2,1-2H3,(H,44,48)(H,45,52)/t25-,29-,32-,33-,36?,56?/m0/s1. The normalized spacial score (nSPS) is 23.1. The zero-order valence-electron chi connectivity index (χ0n) is 31.7. The van der Waals surface area contributed by atoms with E-state index in [-0.39, 0.29) is 35.8 Å². The van der Waals surface area contributed by atoms with Crippen molar-refractivity contribution in [1.82, 2.24) is 25.2 Å². The van der Waals surface area contributed by atoms with Crippen molar-refractivity contribution in [1.29, 1.82) is 0 Å². The van der Waals surface area contributed by atoms with Crippen molar-refractivity contribution < 1.29 is 42.1 Å². The summed E-state index contributed by atoms with van der Waals surface area (Å²) in [4.78, 5) is 62.4. The summed E-state index contributed by atoms with van der Waals surface area (Å²) in [7, 11) is -4.44. The third kappa shape index (κ3) is 7.58. The van der Waals surface area contributed by atoms with Crippen molar-refractivity contribution in [2.24, 2.45) is 0 Å². The molecule has 300 valence electrons. The fourth-order valence-electron chi connectivity index (χ4n) is 8.36. The summed E-state index contributed by atoms with van der Waals surface area (Å²) < 4.78 is 48.5. The molecule has 4 aliphatic rings. The van der Waals surface area contributed by atoms with Crippen LogP contribution < -0.4 is 14.9 Å². The molecule has 6 atom stereocenters. The number of halogens is 1. The van der Waals surface area contributed by atoms with Crippen LogP contribution in [-0.2, 0) is 40.6 Å². The Morgan fingerprint density at radius 1 is 1.09 bits per heavy atom. The molecule has 0 saturated carbocycles. The van der Waals surface area contributed by atoms with Crippen LogP contribution in [-0.4, -0.2) is 82.3 Å². The molecule has 57 heavy (non-hydrogen) atoms. The number of amides is 3. The van der Waals surface area contributed by atoms with E-state index in [0.29, 0.717) is 60.3 Å². The van der Waals surface area contributed by atoms with E-state index in [1.807, 2.05) is 19.2 Å². The van der Waals surface area contributed by atoms with Gasteiger partial charge in [0.2, 0.25) is 17.7 Å². The molecule has 8 rings (SSSR count). The van der Waals surface area contributed by atoms with E-state index in [2.05, 4.69) is 15.4 Å². The second-order valence-electron chi connectivity index (χ2n) is 15.2. The van der Waals surface area contributed by atoms with Crippen LogP contribution in [0.3, 0.4) is 0 Å². The van der Waals surface area contributed by atoms with Gasteiger partial charge in [0.05, 0.1) is 31.2 Å². The van der Waals surface area contributed by atoms with Gasteiger partial charge < -0.3 is 29.1 Å². The molecule has 4 aromatic rings. The van der Waals surface area contributed by atoms with Gasteiger partial charge in [0.1, 0.15) is 29.5 Å². The molecule has 2 unspecified atom stereocenters. The van der Waals surface area contributed by atoms with Crippen LogP contribution in [0.25, 0.3) is 10.1 Å². The lowest BCUT2D eigenvalue weighted by molar-refractivity contribution is -0.174. The van der Waals surface area contributed by atoms with E-state index < -0.39 is 49.0 Å². The van der Waals surface area contributed by atoms with Gasteiger partial charge in [-0.25, -0.2) is 9.48 Å². The molecule has 2 aromatic heterocycles. The van der Waals surface area contributed by atoms with Crippen molar-refractivity contribution in [2.45, 2.75) is 94.7 Å². The van der Waals surface area contributed by atoms with Crippen molar-refractivity contribution in [3.05, 3.63) is 94.6 Å². The molecule has 3 amide bonds. The first-order chi connectivity index (χ1) is 27.5. The number of fused-ring (bicyclic) bond motifs is 4. The monoisotopic (exact) mass is 817 g/mol. The summed E-state index contributed by atoms with van der Waals surface area (Å²) >= 11 is 1.18. The number of pyridine rings is 1. The van der Waals surface area contributed by atoms with E-state index in [9.17, 15) is 23.7 Å². The van der Waals surface area contributed by atoms with Crippen molar-refractivity contribution in [2.75, 3.05) is 19.7 Å².